The van der Waals surface area contributed by atoms with E-state index in [0.29, 0.717) is 26.1 Å². The van der Waals surface area contributed by atoms with Crippen molar-refractivity contribution in [2.75, 3.05) is 44.6 Å². The SMILES string of the molecule is CCN(CC)C(=O)NC(CCN(CCCCc1ccc2c(n1)NCCC2)CCn1nc(C)cc1C)C(=O)O. The lowest BCUT2D eigenvalue weighted by atomic mass is 10.1. The van der Waals surface area contributed by atoms with Crippen molar-refractivity contribution in [3.8, 4) is 0 Å². The molecule has 2 aromatic rings. The molecule has 3 N–H and O–H groups in total. The molecule has 0 fully saturated rings. The molecule has 0 radical (unpaired) electrons. The van der Waals surface area contributed by atoms with Gasteiger partial charge >= 0.3 is 12.0 Å². The lowest BCUT2D eigenvalue weighted by molar-refractivity contribution is -0.139. The second-order valence-corrected chi connectivity index (χ2v) is 10.1. The van der Waals surface area contributed by atoms with Gasteiger partial charge in [0.2, 0.25) is 0 Å². The number of urea groups is 1. The summed E-state index contributed by atoms with van der Waals surface area (Å²) in [6, 6.07) is 5.15. The number of aromatic nitrogens is 3. The summed E-state index contributed by atoms with van der Waals surface area (Å²) in [6.45, 7) is 12.8. The number of hydrogen-bond acceptors (Lipinski definition) is 6. The molecule has 2 aromatic heterocycles. The number of fused-ring (bicyclic) bond motifs is 1. The first-order chi connectivity index (χ1) is 18.3. The molecule has 0 aromatic carbocycles. The van der Waals surface area contributed by atoms with Crippen molar-refractivity contribution in [3.05, 3.63) is 40.8 Å². The zero-order valence-electron chi connectivity index (χ0n) is 23.5. The Balaban J connectivity index is 1.56. The number of carbonyl (C=O) groups excluding carboxylic acids is 1. The number of hydrogen-bond donors (Lipinski definition) is 3. The molecule has 1 atom stereocenters. The number of amides is 2. The maximum atomic E-state index is 12.5. The Morgan fingerprint density at radius 3 is 2.63 bits per heavy atom. The molecule has 38 heavy (non-hydrogen) atoms. The highest BCUT2D eigenvalue weighted by Gasteiger charge is 2.23. The van der Waals surface area contributed by atoms with E-state index in [4.69, 9.17) is 4.98 Å². The topological polar surface area (TPSA) is 116 Å². The predicted molar refractivity (Wildman–Crippen MR) is 150 cm³/mol. The van der Waals surface area contributed by atoms with E-state index in [2.05, 4.69) is 38.8 Å². The first-order valence-electron chi connectivity index (χ1n) is 14.0. The van der Waals surface area contributed by atoms with Gasteiger partial charge in [-0.15, -0.1) is 0 Å². The fraction of sp³-hybridized carbons (Fsp3) is 0.643. The standard InChI is InChI=1S/C28H45N7O3/c1-5-34(6-2)28(38)31-25(27(36)37)14-17-33(18-19-35-22(4)20-21(3)32-35)16-8-7-11-24-13-12-23-10-9-15-29-26(23)30-24/h12-13,20,25H,5-11,14-19H2,1-4H3,(H,29,30)(H,31,38)(H,36,37). The van der Waals surface area contributed by atoms with Crippen LogP contribution in [-0.4, -0.2) is 87.0 Å². The molecule has 0 bridgehead atoms. The van der Waals surface area contributed by atoms with Crippen molar-refractivity contribution in [1.29, 1.82) is 0 Å². The zero-order valence-corrected chi connectivity index (χ0v) is 23.5. The Hall–Kier alpha value is -3.14. The molecule has 1 aliphatic rings. The van der Waals surface area contributed by atoms with Crippen LogP contribution in [0, 0.1) is 13.8 Å². The highest BCUT2D eigenvalue weighted by Crippen LogP contribution is 2.20. The third-order valence-electron chi connectivity index (χ3n) is 7.22. The zero-order chi connectivity index (χ0) is 27.5. The number of nitrogens with one attached hydrogen (secondary N) is 2. The summed E-state index contributed by atoms with van der Waals surface area (Å²) in [5.74, 6) is 0.0304. The van der Waals surface area contributed by atoms with E-state index in [1.54, 1.807) is 4.90 Å². The van der Waals surface area contributed by atoms with Crippen LogP contribution in [0.2, 0.25) is 0 Å². The van der Waals surface area contributed by atoms with E-state index < -0.39 is 12.0 Å². The summed E-state index contributed by atoms with van der Waals surface area (Å²) in [5, 5.41) is 20.4. The number of carbonyl (C=O) groups is 2. The number of unbranched alkanes of at least 4 members (excludes halogenated alkanes) is 1. The second kappa shape index (κ2) is 14.7. The van der Waals surface area contributed by atoms with Gasteiger partial charge in [-0.1, -0.05) is 6.07 Å². The predicted octanol–water partition coefficient (Wildman–Crippen LogP) is 3.47. The van der Waals surface area contributed by atoms with Crippen molar-refractivity contribution >= 4 is 17.8 Å². The molecule has 3 heterocycles. The lowest BCUT2D eigenvalue weighted by Crippen LogP contribution is -2.49. The Bertz CT molecular complexity index is 1050. The number of aryl methyl sites for hydroxylation is 4. The summed E-state index contributed by atoms with van der Waals surface area (Å²) in [5.41, 5.74) is 4.52. The van der Waals surface area contributed by atoms with Crippen LogP contribution in [0.1, 0.15) is 62.2 Å². The highest BCUT2D eigenvalue weighted by atomic mass is 16.4. The molecule has 0 aliphatic carbocycles. The number of anilines is 1. The van der Waals surface area contributed by atoms with Gasteiger partial charge in [0, 0.05) is 44.1 Å². The van der Waals surface area contributed by atoms with Gasteiger partial charge in [0.25, 0.3) is 0 Å². The van der Waals surface area contributed by atoms with Gasteiger partial charge < -0.3 is 25.5 Å². The Kier molecular flexibility index (Phi) is 11.4. The molecule has 10 nitrogen and oxygen atoms in total. The summed E-state index contributed by atoms with van der Waals surface area (Å²) in [4.78, 5) is 33.1. The third-order valence-corrected chi connectivity index (χ3v) is 7.22. The Labute approximate surface area is 226 Å². The average Bonchev–Trinajstić information content (AvgIpc) is 3.23. The monoisotopic (exact) mass is 527 g/mol. The minimum absolute atomic E-state index is 0.330. The number of carboxylic acid groups (broad SMARTS) is 1. The second-order valence-electron chi connectivity index (χ2n) is 10.1. The van der Waals surface area contributed by atoms with Crippen LogP contribution in [0.25, 0.3) is 0 Å². The van der Waals surface area contributed by atoms with Gasteiger partial charge in [0.05, 0.1) is 12.2 Å². The van der Waals surface area contributed by atoms with Crippen LogP contribution in [-0.2, 0) is 24.2 Å². The van der Waals surface area contributed by atoms with Crippen LogP contribution in [0.3, 0.4) is 0 Å². The molecule has 210 valence electrons. The molecule has 2 amide bonds. The minimum Gasteiger partial charge on any atom is -0.480 e. The number of rotatable bonds is 15. The van der Waals surface area contributed by atoms with Gasteiger partial charge in [0.1, 0.15) is 11.9 Å². The average molecular weight is 528 g/mol. The van der Waals surface area contributed by atoms with E-state index >= 15 is 0 Å². The van der Waals surface area contributed by atoms with E-state index in [-0.39, 0.29) is 6.03 Å². The van der Waals surface area contributed by atoms with Crippen molar-refractivity contribution < 1.29 is 14.7 Å². The minimum atomic E-state index is -1.00. The summed E-state index contributed by atoms with van der Waals surface area (Å²) < 4.78 is 2.00. The summed E-state index contributed by atoms with van der Waals surface area (Å²) in [6.07, 6.45) is 5.49. The van der Waals surface area contributed by atoms with Crippen molar-refractivity contribution in [3.63, 3.8) is 0 Å². The van der Waals surface area contributed by atoms with Crippen LogP contribution in [0.4, 0.5) is 10.6 Å². The maximum absolute atomic E-state index is 12.5. The van der Waals surface area contributed by atoms with Crippen molar-refractivity contribution in [2.45, 2.75) is 78.8 Å². The van der Waals surface area contributed by atoms with Gasteiger partial charge in [-0.2, -0.15) is 5.10 Å². The van der Waals surface area contributed by atoms with Crippen LogP contribution < -0.4 is 10.6 Å². The first kappa shape index (κ1) is 29.4. The van der Waals surface area contributed by atoms with Gasteiger partial charge in [-0.25, -0.2) is 14.6 Å². The first-order valence-corrected chi connectivity index (χ1v) is 14.0. The molecule has 0 saturated carbocycles. The Morgan fingerprint density at radius 2 is 1.95 bits per heavy atom. The Morgan fingerprint density at radius 1 is 1.16 bits per heavy atom. The maximum Gasteiger partial charge on any atom is 0.326 e. The van der Waals surface area contributed by atoms with Gasteiger partial charge in [-0.3, -0.25) is 4.68 Å². The van der Waals surface area contributed by atoms with E-state index in [9.17, 15) is 14.7 Å². The molecule has 0 spiro atoms. The van der Waals surface area contributed by atoms with Crippen molar-refractivity contribution in [2.24, 2.45) is 0 Å². The van der Waals surface area contributed by atoms with Crippen LogP contribution in [0.5, 0.6) is 0 Å². The lowest BCUT2D eigenvalue weighted by Gasteiger charge is -2.26. The normalized spacial score (nSPS) is 13.6. The number of aliphatic carboxylic acids is 1. The third kappa shape index (κ3) is 8.72. The van der Waals surface area contributed by atoms with E-state index in [0.717, 1.165) is 81.2 Å². The van der Waals surface area contributed by atoms with E-state index in [1.165, 1.54) is 5.56 Å². The molecule has 0 saturated heterocycles. The van der Waals surface area contributed by atoms with Crippen LogP contribution >= 0.6 is 0 Å². The van der Waals surface area contributed by atoms with Gasteiger partial charge in [0.15, 0.2) is 0 Å². The summed E-state index contributed by atoms with van der Waals surface area (Å²) >= 11 is 0. The molecule has 1 unspecified atom stereocenters. The smallest absolute Gasteiger partial charge is 0.326 e. The van der Waals surface area contributed by atoms with Gasteiger partial charge in [-0.05, 0) is 90.5 Å². The van der Waals surface area contributed by atoms with E-state index in [1.807, 2.05) is 32.4 Å². The molecule has 1 aliphatic heterocycles. The quantitative estimate of drug-likeness (QED) is 0.304. The number of nitrogens with zero attached hydrogens (tertiary/aromatic N) is 5. The summed E-state index contributed by atoms with van der Waals surface area (Å²) in [7, 11) is 0. The fourth-order valence-corrected chi connectivity index (χ4v) is 4.94. The fourth-order valence-electron chi connectivity index (χ4n) is 4.94. The molecule has 10 heteroatoms. The number of pyridine rings is 1. The van der Waals surface area contributed by atoms with Crippen LogP contribution in [0.15, 0.2) is 18.2 Å². The molecular formula is C28H45N7O3. The molecule has 3 rings (SSSR count). The largest absolute Gasteiger partial charge is 0.480 e. The van der Waals surface area contributed by atoms with Crippen molar-refractivity contribution in [1.82, 2.24) is 29.9 Å². The number of carboxylic acids is 1. The highest BCUT2D eigenvalue weighted by molar-refractivity contribution is 5.82. The molecular weight excluding hydrogens is 482 g/mol.